The maximum Gasteiger partial charge on any atom is 0.121 e. The second kappa shape index (κ2) is 9.95. The molecule has 0 aromatic heterocycles. The van der Waals surface area contributed by atoms with Gasteiger partial charge in [-0.15, -0.1) is 24.8 Å². The molecule has 2 rings (SSSR count). The number of benzene rings is 1. The van der Waals surface area contributed by atoms with Crippen molar-refractivity contribution in [3.63, 3.8) is 0 Å². The normalized spacial score (nSPS) is 19.5. The number of nitrogens with two attached hydrogens (primary N) is 1. The number of halogens is 4. The first-order chi connectivity index (χ1) is 9.04. The molecule has 1 aromatic carbocycles. The molecule has 122 valence electrons. The molecule has 8 heteroatoms. The molecule has 0 radical (unpaired) electrons. The SMILES string of the molecule is Cl.Cl.NC1CCN(CC(O)COc2ccc(Cl)c(Cl)c2)C1. The van der Waals surface area contributed by atoms with E-state index in [4.69, 9.17) is 33.7 Å². The van der Waals surface area contributed by atoms with Crippen LogP contribution >= 0.6 is 48.0 Å². The summed E-state index contributed by atoms with van der Waals surface area (Å²) in [6.45, 7) is 2.58. The molecule has 1 saturated heterocycles. The molecule has 0 saturated carbocycles. The van der Waals surface area contributed by atoms with Gasteiger partial charge in [0.15, 0.2) is 0 Å². The van der Waals surface area contributed by atoms with Gasteiger partial charge in [0.25, 0.3) is 0 Å². The van der Waals surface area contributed by atoms with Crippen molar-refractivity contribution in [2.45, 2.75) is 18.6 Å². The number of nitrogens with zero attached hydrogens (tertiary/aromatic N) is 1. The van der Waals surface area contributed by atoms with Crippen molar-refractivity contribution >= 4 is 48.0 Å². The number of aliphatic hydroxyl groups is 1. The first kappa shape index (κ1) is 21.1. The zero-order chi connectivity index (χ0) is 13.8. The average Bonchev–Trinajstić information content (AvgIpc) is 2.76. The number of aliphatic hydroxyl groups excluding tert-OH is 1. The molecule has 1 heterocycles. The maximum absolute atomic E-state index is 9.91. The van der Waals surface area contributed by atoms with Gasteiger partial charge in [0.1, 0.15) is 18.5 Å². The third-order valence-electron chi connectivity index (χ3n) is 3.11. The predicted octanol–water partition coefficient (Wildman–Crippen LogP) is 2.61. The highest BCUT2D eigenvalue weighted by atomic mass is 35.5. The van der Waals surface area contributed by atoms with Gasteiger partial charge in [-0.2, -0.15) is 0 Å². The van der Waals surface area contributed by atoms with E-state index in [1.807, 2.05) is 0 Å². The molecule has 4 nitrogen and oxygen atoms in total. The monoisotopic (exact) mass is 376 g/mol. The van der Waals surface area contributed by atoms with Gasteiger partial charge in [0.2, 0.25) is 0 Å². The van der Waals surface area contributed by atoms with Crippen molar-refractivity contribution in [3.8, 4) is 5.75 Å². The van der Waals surface area contributed by atoms with Gasteiger partial charge in [-0.05, 0) is 25.1 Å². The summed E-state index contributed by atoms with van der Waals surface area (Å²) >= 11 is 11.7. The highest BCUT2D eigenvalue weighted by Gasteiger charge is 2.21. The van der Waals surface area contributed by atoms with E-state index in [2.05, 4.69) is 4.90 Å². The lowest BCUT2D eigenvalue weighted by Gasteiger charge is -2.20. The Morgan fingerprint density at radius 1 is 1.33 bits per heavy atom. The number of ether oxygens (including phenoxy) is 1. The largest absolute Gasteiger partial charge is 0.491 e. The minimum absolute atomic E-state index is 0. The Kier molecular flexibility index (Phi) is 9.98. The number of β-amino-alcohol motifs (C(OH)–C–C–N with tert-alkyl or cyclic N) is 1. The van der Waals surface area contributed by atoms with E-state index in [-0.39, 0.29) is 37.5 Å². The van der Waals surface area contributed by atoms with E-state index in [0.717, 1.165) is 19.5 Å². The molecule has 0 spiro atoms. The third kappa shape index (κ3) is 6.78. The Morgan fingerprint density at radius 3 is 2.62 bits per heavy atom. The molecular formula is C13H20Cl4N2O2. The quantitative estimate of drug-likeness (QED) is 0.827. The second-order valence-electron chi connectivity index (χ2n) is 4.85. The van der Waals surface area contributed by atoms with E-state index >= 15 is 0 Å². The van der Waals surface area contributed by atoms with E-state index in [9.17, 15) is 5.11 Å². The van der Waals surface area contributed by atoms with Crippen molar-refractivity contribution in [2.24, 2.45) is 5.73 Å². The smallest absolute Gasteiger partial charge is 0.121 e. The van der Waals surface area contributed by atoms with Crippen molar-refractivity contribution in [3.05, 3.63) is 28.2 Å². The van der Waals surface area contributed by atoms with E-state index in [1.54, 1.807) is 18.2 Å². The number of hydrogen-bond acceptors (Lipinski definition) is 4. The first-order valence-corrected chi connectivity index (χ1v) is 7.04. The Labute approximate surface area is 147 Å². The zero-order valence-electron chi connectivity index (χ0n) is 11.4. The van der Waals surface area contributed by atoms with Crippen LogP contribution in [-0.4, -0.2) is 48.4 Å². The number of rotatable bonds is 5. The van der Waals surface area contributed by atoms with Crippen LogP contribution in [0.3, 0.4) is 0 Å². The van der Waals surface area contributed by atoms with Gasteiger partial charge in [-0.3, -0.25) is 4.90 Å². The zero-order valence-corrected chi connectivity index (χ0v) is 14.5. The third-order valence-corrected chi connectivity index (χ3v) is 3.85. The van der Waals surface area contributed by atoms with Crippen LogP contribution in [0.1, 0.15) is 6.42 Å². The molecule has 3 N–H and O–H groups in total. The highest BCUT2D eigenvalue weighted by Crippen LogP contribution is 2.26. The van der Waals surface area contributed by atoms with E-state index in [0.29, 0.717) is 22.3 Å². The molecule has 2 unspecified atom stereocenters. The van der Waals surface area contributed by atoms with Crippen molar-refractivity contribution in [2.75, 3.05) is 26.2 Å². The van der Waals surface area contributed by atoms with Crippen LogP contribution in [0.2, 0.25) is 10.0 Å². The molecule has 0 aliphatic carbocycles. The average molecular weight is 378 g/mol. The summed E-state index contributed by atoms with van der Waals surface area (Å²) in [4.78, 5) is 2.15. The van der Waals surface area contributed by atoms with Gasteiger partial charge < -0.3 is 15.6 Å². The van der Waals surface area contributed by atoms with Gasteiger partial charge in [0.05, 0.1) is 10.0 Å². The fraction of sp³-hybridized carbons (Fsp3) is 0.538. The fourth-order valence-electron chi connectivity index (χ4n) is 2.14. The minimum atomic E-state index is -0.542. The van der Waals surface area contributed by atoms with Crippen LogP contribution in [0, 0.1) is 0 Å². The van der Waals surface area contributed by atoms with Gasteiger partial charge >= 0.3 is 0 Å². The molecule has 1 fully saturated rings. The second-order valence-corrected chi connectivity index (χ2v) is 5.66. The summed E-state index contributed by atoms with van der Waals surface area (Å²) in [6.07, 6.45) is 0.445. The molecule has 0 bridgehead atoms. The summed E-state index contributed by atoms with van der Waals surface area (Å²) in [5, 5.41) is 10.8. The lowest BCUT2D eigenvalue weighted by molar-refractivity contribution is 0.0755. The van der Waals surface area contributed by atoms with Crippen LogP contribution in [0.25, 0.3) is 0 Å². The van der Waals surface area contributed by atoms with Crippen molar-refractivity contribution in [1.29, 1.82) is 0 Å². The Hall–Kier alpha value is 0.0600. The molecular weight excluding hydrogens is 358 g/mol. The summed E-state index contributed by atoms with van der Waals surface area (Å²) in [5.41, 5.74) is 5.81. The lowest BCUT2D eigenvalue weighted by atomic mass is 10.3. The summed E-state index contributed by atoms with van der Waals surface area (Å²) in [7, 11) is 0. The Morgan fingerprint density at radius 2 is 2.05 bits per heavy atom. The maximum atomic E-state index is 9.91. The molecule has 2 atom stereocenters. The molecule has 0 amide bonds. The molecule has 1 aromatic rings. The predicted molar refractivity (Wildman–Crippen MR) is 91.5 cm³/mol. The molecule has 1 aliphatic heterocycles. The Balaban J connectivity index is 0.00000200. The van der Waals surface area contributed by atoms with Crippen LogP contribution < -0.4 is 10.5 Å². The summed E-state index contributed by atoms with van der Waals surface area (Å²) in [6, 6.07) is 5.27. The standard InChI is InChI=1S/C13H18Cl2N2O2.2ClH/c14-12-2-1-11(5-13(12)15)19-8-10(18)7-17-4-3-9(16)6-17;;/h1-2,5,9-10,18H,3-4,6-8,16H2;2*1H. The van der Waals surface area contributed by atoms with Crippen LogP contribution in [0.15, 0.2) is 18.2 Å². The van der Waals surface area contributed by atoms with E-state index < -0.39 is 6.10 Å². The fourth-order valence-corrected chi connectivity index (χ4v) is 2.43. The van der Waals surface area contributed by atoms with Gasteiger partial charge in [-0.25, -0.2) is 0 Å². The van der Waals surface area contributed by atoms with E-state index in [1.165, 1.54) is 0 Å². The van der Waals surface area contributed by atoms with Crippen molar-refractivity contribution < 1.29 is 9.84 Å². The lowest BCUT2D eigenvalue weighted by Crippen LogP contribution is -2.35. The minimum Gasteiger partial charge on any atom is -0.491 e. The Bertz CT molecular complexity index is 437. The van der Waals surface area contributed by atoms with Crippen LogP contribution in [-0.2, 0) is 0 Å². The number of likely N-dealkylation sites (tertiary alicyclic amines) is 1. The van der Waals surface area contributed by atoms with Gasteiger partial charge in [-0.1, -0.05) is 23.2 Å². The first-order valence-electron chi connectivity index (χ1n) is 6.28. The summed E-state index contributed by atoms with van der Waals surface area (Å²) < 4.78 is 5.49. The molecule has 21 heavy (non-hydrogen) atoms. The topological polar surface area (TPSA) is 58.7 Å². The van der Waals surface area contributed by atoms with Gasteiger partial charge in [0, 0.05) is 25.2 Å². The highest BCUT2D eigenvalue weighted by molar-refractivity contribution is 6.42. The summed E-state index contributed by atoms with van der Waals surface area (Å²) in [5.74, 6) is 0.603. The number of hydrogen-bond donors (Lipinski definition) is 2. The van der Waals surface area contributed by atoms with Crippen molar-refractivity contribution in [1.82, 2.24) is 4.90 Å². The van der Waals surface area contributed by atoms with Crippen LogP contribution in [0.5, 0.6) is 5.75 Å². The molecule has 1 aliphatic rings. The van der Waals surface area contributed by atoms with Crippen LogP contribution in [0.4, 0.5) is 0 Å².